The van der Waals surface area contributed by atoms with Gasteiger partial charge in [0.2, 0.25) is 6.56 Å². The summed E-state index contributed by atoms with van der Waals surface area (Å²) in [5.74, 6) is -6.96. The number of anilines is 1. The topological polar surface area (TPSA) is 199 Å². The molecule has 2 rings (SSSR count). The van der Waals surface area contributed by atoms with Gasteiger partial charge in [-0.1, -0.05) is 5.16 Å². The first-order valence-electron chi connectivity index (χ1n) is 9.11. The van der Waals surface area contributed by atoms with Crippen LogP contribution in [0.5, 0.6) is 0 Å². The highest BCUT2D eigenvalue weighted by molar-refractivity contribution is 7.80. The zero-order valence-corrected chi connectivity index (χ0v) is 15.8. The van der Waals surface area contributed by atoms with E-state index in [0.717, 1.165) is 13.8 Å². The first-order chi connectivity index (χ1) is 14.3. The SMILES string of the molecule is [2H]c1sc(N)nc1/C(=N/OC([2H])([2H])C(=O)O)C(=O)C[C@]1([2H])C(=O)N(OS(=O)(=O)O)C1(C)C. The van der Waals surface area contributed by atoms with Crippen molar-refractivity contribution in [1.82, 2.24) is 10.0 Å². The molecule has 1 fully saturated rings. The summed E-state index contributed by atoms with van der Waals surface area (Å²) < 4.78 is 65.3. The van der Waals surface area contributed by atoms with E-state index in [-0.39, 0.29) is 10.2 Å². The second-order valence-corrected chi connectivity index (χ2v) is 7.51. The lowest BCUT2D eigenvalue weighted by molar-refractivity contribution is -0.228. The Balaban J connectivity index is 2.42. The number of rotatable bonds is 9. The minimum absolute atomic E-state index is 0.176. The molecule has 1 aliphatic heterocycles. The van der Waals surface area contributed by atoms with Crippen LogP contribution in [0.4, 0.5) is 5.13 Å². The van der Waals surface area contributed by atoms with Crippen LogP contribution in [0.2, 0.25) is 0 Å². The molecule has 0 radical (unpaired) electrons. The minimum atomic E-state index is -5.11. The van der Waals surface area contributed by atoms with Gasteiger partial charge in [-0.3, -0.25) is 14.1 Å². The van der Waals surface area contributed by atoms with Crippen LogP contribution in [0.25, 0.3) is 0 Å². The van der Waals surface area contributed by atoms with E-state index >= 15 is 0 Å². The average molecular weight is 440 g/mol. The van der Waals surface area contributed by atoms with Crippen LogP contribution >= 0.6 is 11.3 Å². The number of aliphatic carboxylic acids is 1. The van der Waals surface area contributed by atoms with E-state index in [4.69, 9.17) is 20.9 Å². The van der Waals surface area contributed by atoms with Crippen LogP contribution in [-0.2, 0) is 33.9 Å². The summed E-state index contributed by atoms with van der Waals surface area (Å²) in [5, 5.41) is 11.5. The first-order valence-corrected chi connectivity index (χ1v) is 9.29. The number of carboxylic acid groups (broad SMARTS) is 1. The molecule has 1 saturated heterocycles. The van der Waals surface area contributed by atoms with Gasteiger partial charge in [-0.05, 0) is 13.8 Å². The van der Waals surface area contributed by atoms with Gasteiger partial charge < -0.3 is 15.7 Å². The van der Waals surface area contributed by atoms with E-state index in [0.29, 0.717) is 11.3 Å². The summed E-state index contributed by atoms with van der Waals surface area (Å²) in [4.78, 5) is 44.1. The van der Waals surface area contributed by atoms with E-state index in [1.165, 1.54) is 0 Å². The molecule has 1 atom stereocenters. The number of nitrogen functional groups attached to an aromatic ring is 1. The van der Waals surface area contributed by atoms with E-state index in [9.17, 15) is 22.8 Å². The van der Waals surface area contributed by atoms with Crippen LogP contribution < -0.4 is 5.73 Å². The second-order valence-electron chi connectivity index (χ2n) is 5.68. The Bertz CT molecular complexity index is 1120. The number of ketones is 1. The maximum absolute atomic E-state index is 12.9. The zero-order valence-electron chi connectivity index (χ0n) is 18.2. The highest BCUT2D eigenvalue weighted by Gasteiger charge is 2.57. The van der Waals surface area contributed by atoms with Crippen molar-refractivity contribution in [2.45, 2.75) is 25.8 Å². The molecule has 13 nitrogen and oxygen atoms in total. The van der Waals surface area contributed by atoms with Gasteiger partial charge >= 0.3 is 16.4 Å². The smallest absolute Gasteiger partial charge is 0.418 e. The van der Waals surface area contributed by atoms with Crippen molar-refractivity contribution in [3.8, 4) is 0 Å². The molecule has 1 amide bonds. The van der Waals surface area contributed by atoms with Crippen molar-refractivity contribution in [1.29, 1.82) is 0 Å². The maximum atomic E-state index is 12.9. The Morgan fingerprint density at radius 3 is 2.71 bits per heavy atom. The summed E-state index contributed by atoms with van der Waals surface area (Å²) in [6.07, 6.45) is -1.01. The number of nitrogens with two attached hydrogens (primary N) is 1. The average Bonchev–Trinajstić information content (AvgIpc) is 2.96. The molecule has 0 saturated carbocycles. The molecule has 4 N–H and O–H groups in total. The Morgan fingerprint density at radius 1 is 1.61 bits per heavy atom. The van der Waals surface area contributed by atoms with Crippen molar-refractivity contribution in [2.24, 2.45) is 11.0 Å². The lowest BCUT2D eigenvalue weighted by Gasteiger charge is -2.50. The number of carboxylic acids is 1. The number of carbonyl (C=O) groups is 3. The summed E-state index contributed by atoms with van der Waals surface area (Å²) in [7, 11) is -5.11. The summed E-state index contributed by atoms with van der Waals surface area (Å²) in [5.41, 5.74) is 2.29. The Hall–Kier alpha value is -2.62. The van der Waals surface area contributed by atoms with Gasteiger partial charge in [0.25, 0.3) is 5.91 Å². The lowest BCUT2D eigenvalue weighted by Crippen LogP contribution is -2.68. The molecule has 0 aromatic carbocycles. The quantitative estimate of drug-likeness (QED) is 0.193. The number of amides is 1. The highest BCUT2D eigenvalue weighted by atomic mass is 32.3. The van der Waals surface area contributed by atoms with Crippen molar-refractivity contribution < 1.29 is 47.1 Å². The number of carbonyl (C=O) groups excluding carboxylic acids is 2. The minimum Gasteiger partial charge on any atom is -0.479 e. The Morgan fingerprint density at radius 2 is 2.25 bits per heavy atom. The normalized spacial score (nSPS) is 24.5. The predicted octanol–water partition coefficient (Wildman–Crippen LogP) is -0.539. The van der Waals surface area contributed by atoms with E-state index in [1.54, 1.807) is 0 Å². The predicted molar refractivity (Wildman–Crippen MR) is 93.3 cm³/mol. The van der Waals surface area contributed by atoms with Gasteiger partial charge in [0.05, 0.1) is 15.5 Å². The van der Waals surface area contributed by atoms with Crippen molar-refractivity contribution in [3.63, 3.8) is 0 Å². The first kappa shape index (κ1) is 16.3. The second kappa shape index (κ2) is 7.78. The molecule has 15 heteroatoms. The van der Waals surface area contributed by atoms with Gasteiger partial charge in [0, 0.05) is 13.1 Å². The molecular formula is C13H16N4O9S2. The van der Waals surface area contributed by atoms with Crippen molar-refractivity contribution in [3.05, 3.63) is 11.1 Å². The van der Waals surface area contributed by atoms with Gasteiger partial charge in [0.15, 0.2) is 16.6 Å². The molecule has 0 unspecified atom stereocenters. The third kappa shape index (κ3) is 4.80. The maximum Gasteiger partial charge on any atom is 0.418 e. The fraction of sp³-hybridized carbons (Fsp3) is 0.462. The van der Waals surface area contributed by atoms with Crippen LogP contribution in [0, 0.1) is 5.89 Å². The monoisotopic (exact) mass is 440 g/mol. The zero-order chi connectivity index (χ0) is 24.9. The number of nitrogens with zero attached hydrogens (tertiary/aromatic N) is 3. The largest absolute Gasteiger partial charge is 0.479 e. The number of β-lactam (4-membered cyclic amide) rings is 1. The third-order valence-corrected chi connectivity index (χ3v) is 4.36. The van der Waals surface area contributed by atoms with Gasteiger partial charge in [0.1, 0.15) is 5.69 Å². The number of hydrogen-bond donors (Lipinski definition) is 3. The molecular weight excluding hydrogens is 420 g/mol. The molecule has 1 aliphatic rings. The Labute approximate surface area is 168 Å². The number of aromatic nitrogens is 1. The van der Waals surface area contributed by atoms with Crippen LogP contribution in [0.3, 0.4) is 0 Å². The van der Waals surface area contributed by atoms with Crippen LogP contribution in [0.15, 0.2) is 10.5 Å². The lowest BCUT2D eigenvalue weighted by atomic mass is 9.74. The van der Waals surface area contributed by atoms with Gasteiger partial charge in [-0.15, -0.1) is 15.6 Å². The number of hydrogen-bond acceptors (Lipinski definition) is 11. The van der Waals surface area contributed by atoms with Crippen molar-refractivity contribution in [2.75, 3.05) is 12.3 Å². The molecule has 1 aromatic rings. The summed E-state index contributed by atoms with van der Waals surface area (Å²) in [6, 6.07) is 0. The third-order valence-electron chi connectivity index (χ3n) is 3.43. The molecule has 1 aromatic heterocycles. The molecule has 154 valence electrons. The number of Topliss-reactive ketones (excluding diaryl/α,β-unsaturated/α-hetero) is 1. The van der Waals surface area contributed by atoms with Crippen LogP contribution in [0.1, 0.15) is 31.4 Å². The van der Waals surface area contributed by atoms with Crippen LogP contribution in [-0.4, -0.2) is 63.6 Å². The van der Waals surface area contributed by atoms with Crippen molar-refractivity contribution >= 4 is 50.2 Å². The summed E-state index contributed by atoms with van der Waals surface area (Å²) in [6.45, 7) is -1.06. The number of hydroxylamine groups is 2. The number of thiazole rings is 1. The van der Waals surface area contributed by atoms with Gasteiger partial charge in [-0.25, -0.2) is 9.78 Å². The molecule has 2 heterocycles. The Kier molecular flexibility index (Phi) is 4.54. The molecule has 28 heavy (non-hydrogen) atoms. The molecule has 0 aliphatic carbocycles. The van der Waals surface area contributed by atoms with Gasteiger partial charge in [-0.2, -0.15) is 13.5 Å². The van der Waals surface area contributed by atoms with E-state index in [1.807, 2.05) is 0 Å². The summed E-state index contributed by atoms with van der Waals surface area (Å²) >= 11 is 0.598. The van der Waals surface area contributed by atoms with E-state index < -0.39 is 69.2 Å². The van der Waals surface area contributed by atoms with E-state index in [2.05, 4.69) is 19.3 Å². The molecule has 0 spiro atoms. The number of oxime groups is 1. The molecule has 0 bridgehead atoms. The standard InChI is InChI=1S/C13H16N4O9S2/c1-13(2)6(11(21)17(13)26-28(22,23)24)3-8(18)10(16-25-4-9(19)20)7-5-27-12(14)15-7/h5-6H,3-4H2,1-2H3,(H2,14,15)(H,19,20)(H,22,23,24)/b16-10-/t6-/m1/s1/i4D2,5D,6D. The fourth-order valence-electron chi connectivity index (χ4n) is 2.16. The fourth-order valence-corrected chi connectivity index (χ4v) is 3.08. The highest BCUT2D eigenvalue weighted by Crippen LogP contribution is 2.40.